The Morgan fingerprint density at radius 1 is 1.64 bits per heavy atom. The summed E-state index contributed by atoms with van der Waals surface area (Å²) in [6, 6.07) is 0. The Morgan fingerprint density at radius 2 is 2.36 bits per heavy atom. The van der Waals surface area contributed by atoms with Crippen LogP contribution in [0.5, 0.6) is 0 Å². The lowest BCUT2D eigenvalue weighted by atomic mass is 9.91. The Kier molecular flexibility index (Phi) is 1.50. The highest BCUT2D eigenvalue weighted by Gasteiger charge is 2.59. The summed E-state index contributed by atoms with van der Waals surface area (Å²) < 4.78 is 11.0. The quantitative estimate of drug-likeness (QED) is 0.597. The molecule has 0 aromatic rings. The van der Waals surface area contributed by atoms with Crippen molar-refractivity contribution in [1.82, 2.24) is 0 Å². The minimum absolute atomic E-state index is 0.0428. The fraction of sp³-hybridized carbons (Fsp3) is 1.00. The van der Waals surface area contributed by atoms with Crippen molar-refractivity contribution in [3.8, 4) is 0 Å². The fourth-order valence-electron chi connectivity index (χ4n) is 2.18. The largest absolute Gasteiger partial charge is 0.387 e. The molecule has 2 aliphatic rings. The molecule has 0 aromatic heterocycles. The number of hydrogen-bond acceptors (Lipinski definition) is 3. The Hall–Kier alpha value is -0.120. The number of hydrogen-bond donors (Lipinski definition) is 1. The molecule has 2 fully saturated rings. The minimum atomic E-state index is -0.414. The van der Waals surface area contributed by atoms with Gasteiger partial charge in [-0.1, -0.05) is 6.92 Å². The van der Waals surface area contributed by atoms with Gasteiger partial charge < -0.3 is 14.6 Å². The molecule has 0 unspecified atom stereocenters. The van der Waals surface area contributed by atoms with Crippen LogP contribution >= 0.6 is 0 Å². The predicted molar refractivity (Wildman–Crippen MR) is 39.3 cm³/mol. The maximum atomic E-state index is 9.70. The minimum Gasteiger partial charge on any atom is -0.387 e. The molecule has 3 nitrogen and oxygen atoms in total. The highest BCUT2D eigenvalue weighted by molar-refractivity contribution is 5.07. The standard InChI is InChI=1S/C8H14O3/c1-3-8-5(2)11-6(4-10-8)7(8)9/h5-7,9H,3-4H2,1-2H3/t5-,6+,7+,8+/m1/s1. The van der Waals surface area contributed by atoms with Crippen LogP contribution in [0.15, 0.2) is 0 Å². The molecule has 4 atom stereocenters. The van der Waals surface area contributed by atoms with Gasteiger partial charge in [-0.05, 0) is 13.3 Å². The van der Waals surface area contributed by atoms with Gasteiger partial charge >= 0.3 is 0 Å². The second kappa shape index (κ2) is 2.19. The number of ether oxygens (including phenoxy) is 2. The van der Waals surface area contributed by atoms with Gasteiger partial charge in [0.15, 0.2) is 0 Å². The average molecular weight is 158 g/mol. The van der Waals surface area contributed by atoms with Crippen LogP contribution < -0.4 is 0 Å². The zero-order valence-corrected chi connectivity index (χ0v) is 6.91. The summed E-state index contributed by atoms with van der Waals surface area (Å²) in [5, 5.41) is 9.70. The number of fused-ring (bicyclic) bond motifs is 2. The van der Waals surface area contributed by atoms with Gasteiger partial charge in [-0.2, -0.15) is 0 Å². The number of aliphatic hydroxyl groups is 1. The second-order valence-corrected chi connectivity index (χ2v) is 3.38. The van der Waals surface area contributed by atoms with E-state index in [9.17, 15) is 5.11 Å². The monoisotopic (exact) mass is 158 g/mol. The second-order valence-electron chi connectivity index (χ2n) is 3.38. The topological polar surface area (TPSA) is 38.7 Å². The highest BCUT2D eigenvalue weighted by Crippen LogP contribution is 2.42. The van der Waals surface area contributed by atoms with Crippen molar-refractivity contribution in [3.63, 3.8) is 0 Å². The molecular weight excluding hydrogens is 144 g/mol. The SMILES string of the molecule is CC[C@]12OC[C@H](O[C@@H]1C)[C@@H]2O. The lowest BCUT2D eigenvalue weighted by Crippen LogP contribution is -2.44. The molecule has 0 saturated carbocycles. The van der Waals surface area contributed by atoms with E-state index in [1.165, 1.54) is 0 Å². The summed E-state index contributed by atoms with van der Waals surface area (Å²) in [6.07, 6.45) is 0.375. The third-order valence-electron chi connectivity index (χ3n) is 2.99. The molecule has 64 valence electrons. The molecule has 0 aliphatic carbocycles. The first kappa shape index (κ1) is 7.53. The molecule has 2 aliphatic heterocycles. The Bertz CT molecular complexity index is 171. The van der Waals surface area contributed by atoms with Crippen LogP contribution in [0.3, 0.4) is 0 Å². The van der Waals surface area contributed by atoms with Crippen molar-refractivity contribution < 1.29 is 14.6 Å². The van der Waals surface area contributed by atoms with Crippen LogP contribution in [0.4, 0.5) is 0 Å². The van der Waals surface area contributed by atoms with Crippen molar-refractivity contribution in [1.29, 1.82) is 0 Å². The van der Waals surface area contributed by atoms with E-state index in [1.54, 1.807) is 0 Å². The first-order valence-electron chi connectivity index (χ1n) is 4.18. The van der Waals surface area contributed by atoms with E-state index in [0.29, 0.717) is 6.61 Å². The molecule has 2 bridgehead atoms. The first-order valence-corrected chi connectivity index (χ1v) is 4.18. The van der Waals surface area contributed by atoms with Crippen molar-refractivity contribution in [3.05, 3.63) is 0 Å². The predicted octanol–water partition coefficient (Wildman–Crippen LogP) is 0.314. The molecule has 0 aromatic carbocycles. The van der Waals surface area contributed by atoms with Crippen LogP contribution in [0, 0.1) is 0 Å². The molecule has 1 N–H and O–H groups in total. The van der Waals surface area contributed by atoms with Gasteiger partial charge in [0.2, 0.25) is 0 Å². The summed E-state index contributed by atoms with van der Waals surface area (Å²) in [4.78, 5) is 0. The summed E-state index contributed by atoms with van der Waals surface area (Å²) in [7, 11) is 0. The van der Waals surface area contributed by atoms with Crippen LogP contribution in [0.25, 0.3) is 0 Å². The molecule has 2 heterocycles. The van der Waals surface area contributed by atoms with E-state index in [-0.39, 0.29) is 12.2 Å². The molecule has 2 rings (SSSR count). The van der Waals surface area contributed by atoms with Crippen molar-refractivity contribution >= 4 is 0 Å². The number of rotatable bonds is 1. The van der Waals surface area contributed by atoms with E-state index < -0.39 is 11.7 Å². The van der Waals surface area contributed by atoms with Gasteiger partial charge in [0.05, 0.1) is 12.7 Å². The van der Waals surface area contributed by atoms with Gasteiger partial charge in [-0.15, -0.1) is 0 Å². The molecule has 3 heteroatoms. The van der Waals surface area contributed by atoms with Crippen molar-refractivity contribution in [2.45, 2.75) is 44.2 Å². The smallest absolute Gasteiger partial charge is 0.122 e. The lowest BCUT2D eigenvalue weighted by Gasteiger charge is -2.31. The van der Waals surface area contributed by atoms with Crippen molar-refractivity contribution in [2.24, 2.45) is 0 Å². The first-order chi connectivity index (χ1) is 5.20. The maximum Gasteiger partial charge on any atom is 0.122 e. The molecule has 0 radical (unpaired) electrons. The molecular formula is C8H14O3. The molecule has 11 heavy (non-hydrogen) atoms. The van der Waals surface area contributed by atoms with E-state index in [0.717, 1.165) is 6.42 Å². The van der Waals surface area contributed by atoms with E-state index in [4.69, 9.17) is 9.47 Å². The van der Waals surface area contributed by atoms with Crippen LogP contribution in [0.1, 0.15) is 20.3 Å². The maximum absolute atomic E-state index is 9.70. The molecule has 0 amide bonds. The normalized spacial score (nSPS) is 55.4. The lowest BCUT2D eigenvalue weighted by molar-refractivity contribution is -0.144. The van der Waals surface area contributed by atoms with Gasteiger partial charge in [0.25, 0.3) is 0 Å². The Morgan fingerprint density at radius 3 is 2.64 bits per heavy atom. The average Bonchev–Trinajstić information content (AvgIpc) is 2.42. The van der Waals surface area contributed by atoms with Crippen molar-refractivity contribution in [2.75, 3.05) is 6.61 Å². The fourth-order valence-corrected chi connectivity index (χ4v) is 2.18. The summed E-state index contributed by atoms with van der Waals surface area (Å²) in [6.45, 7) is 4.54. The van der Waals surface area contributed by atoms with Gasteiger partial charge in [0, 0.05) is 0 Å². The summed E-state index contributed by atoms with van der Waals surface area (Å²) in [5.74, 6) is 0. The summed E-state index contributed by atoms with van der Waals surface area (Å²) in [5.41, 5.74) is -0.398. The molecule has 0 spiro atoms. The zero-order valence-electron chi connectivity index (χ0n) is 6.91. The van der Waals surface area contributed by atoms with E-state index in [1.807, 2.05) is 13.8 Å². The number of aliphatic hydroxyl groups excluding tert-OH is 1. The Labute approximate surface area is 66.3 Å². The van der Waals surface area contributed by atoms with Gasteiger partial charge in [-0.3, -0.25) is 0 Å². The van der Waals surface area contributed by atoms with Crippen LogP contribution in [-0.4, -0.2) is 35.6 Å². The molecule has 2 saturated heterocycles. The van der Waals surface area contributed by atoms with Crippen LogP contribution in [-0.2, 0) is 9.47 Å². The summed E-state index contributed by atoms with van der Waals surface area (Å²) >= 11 is 0. The highest BCUT2D eigenvalue weighted by atomic mass is 16.6. The Balaban J connectivity index is 2.28. The van der Waals surface area contributed by atoms with Crippen LogP contribution in [0.2, 0.25) is 0 Å². The third kappa shape index (κ3) is 0.736. The zero-order chi connectivity index (χ0) is 8.06. The van der Waals surface area contributed by atoms with Gasteiger partial charge in [0.1, 0.15) is 17.8 Å². The third-order valence-corrected chi connectivity index (χ3v) is 2.99. The van der Waals surface area contributed by atoms with Gasteiger partial charge in [-0.25, -0.2) is 0 Å². The van der Waals surface area contributed by atoms with E-state index in [2.05, 4.69) is 0 Å². The van der Waals surface area contributed by atoms with E-state index >= 15 is 0 Å².